The van der Waals surface area contributed by atoms with Crippen LogP contribution >= 0.6 is 0 Å². The summed E-state index contributed by atoms with van der Waals surface area (Å²) in [5.74, 6) is 0.237. The third-order valence-corrected chi connectivity index (χ3v) is 3.47. The third kappa shape index (κ3) is 10.2. The molecule has 0 saturated carbocycles. The van der Waals surface area contributed by atoms with E-state index in [-0.39, 0.29) is 17.9 Å². The highest BCUT2D eigenvalue weighted by molar-refractivity contribution is 7.90. The maximum Gasteiger partial charge on any atom is 0.147 e. The minimum atomic E-state index is -2.84. The summed E-state index contributed by atoms with van der Waals surface area (Å²) in [5, 5.41) is 0. The van der Waals surface area contributed by atoms with Gasteiger partial charge in [0, 0.05) is 25.2 Å². The lowest BCUT2D eigenvalue weighted by molar-refractivity contribution is 0.107. The van der Waals surface area contributed by atoms with Gasteiger partial charge in [0.05, 0.1) is 6.10 Å². The van der Waals surface area contributed by atoms with E-state index in [1.807, 2.05) is 6.92 Å². The maximum absolute atomic E-state index is 10.9. The summed E-state index contributed by atoms with van der Waals surface area (Å²) in [6.07, 6.45) is 4.72. The number of sulfone groups is 1. The second kappa shape index (κ2) is 7.19. The Morgan fingerprint density at radius 2 is 1.87 bits per heavy atom. The number of methoxy groups -OCH3 is 1. The molecule has 0 heterocycles. The minimum absolute atomic E-state index is 0.0874. The molecule has 0 bridgehead atoms. The first-order valence-corrected chi connectivity index (χ1v) is 7.37. The molecule has 92 valence electrons. The first-order valence-electron chi connectivity index (χ1n) is 5.31. The molecule has 2 N–H and O–H groups in total. The SMILES string of the molecule is COC(C)CCC(N)CCCS(C)(=O)=O. The molecule has 0 aromatic carbocycles. The van der Waals surface area contributed by atoms with Crippen molar-refractivity contribution in [3.05, 3.63) is 0 Å². The Bertz CT molecular complexity index is 251. The molecule has 0 aliphatic rings. The van der Waals surface area contributed by atoms with Crippen molar-refractivity contribution in [2.24, 2.45) is 5.73 Å². The molecular formula is C10H23NO3S. The van der Waals surface area contributed by atoms with Crippen molar-refractivity contribution in [3.63, 3.8) is 0 Å². The average molecular weight is 237 g/mol. The summed E-state index contributed by atoms with van der Waals surface area (Å²) < 4.78 is 26.8. The molecule has 0 radical (unpaired) electrons. The largest absolute Gasteiger partial charge is 0.382 e. The van der Waals surface area contributed by atoms with Crippen molar-refractivity contribution in [1.29, 1.82) is 0 Å². The number of ether oxygens (including phenoxy) is 1. The van der Waals surface area contributed by atoms with Gasteiger partial charge < -0.3 is 10.5 Å². The van der Waals surface area contributed by atoms with Crippen LogP contribution in [0.5, 0.6) is 0 Å². The van der Waals surface area contributed by atoms with Crippen molar-refractivity contribution in [1.82, 2.24) is 0 Å². The Balaban J connectivity index is 3.54. The van der Waals surface area contributed by atoms with E-state index in [0.717, 1.165) is 19.3 Å². The third-order valence-electron chi connectivity index (χ3n) is 2.44. The van der Waals surface area contributed by atoms with Crippen LogP contribution in [-0.4, -0.2) is 39.7 Å². The molecule has 0 aliphatic heterocycles. The molecule has 4 nitrogen and oxygen atoms in total. The Hall–Kier alpha value is -0.130. The standard InChI is InChI=1S/C10H23NO3S/c1-9(14-2)6-7-10(11)5-4-8-15(3,12)13/h9-10H,4-8,11H2,1-3H3. The molecule has 0 rings (SSSR count). The molecule has 0 aromatic rings. The van der Waals surface area contributed by atoms with E-state index in [2.05, 4.69) is 0 Å². The van der Waals surface area contributed by atoms with Crippen LogP contribution in [-0.2, 0) is 14.6 Å². The summed E-state index contributed by atoms with van der Waals surface area (Å²) in [4.78, 5) is 0. The van der Waals surface area contributed by atoms with E-state index in [1.165, 1.54) is 6.26 Å². The maximum atomic E-state index is 10.9. The van der Waals surface area contributed by atoms with Gasteiger partial charge in [-0.2, -0.15) is 0 Å². The van der Waals surface area contributed by atoms with Crippen LogP contribution in [0.1, 0.15) is 32.6 Å². The van der Waals surface area contributed by atoms with Gasteiger partial charge in [-0.15, -0.1) is 0 Å². The fraction of sp³-hybridized carbons (Fsp3) is 1.00. The molecule has 0 aliphatic carbocycles. The van der Waals surface area contributed by atoms with Gasteiger partial charge in [-0.1, -0.05) is 0 Å². The molecule has 0 spiro atoms. The number of nitrogens with two attached hydrogens (primary N) is 1. The molecule has 2 unspecified atom stereocenters. The van der Waals surface area contributed by atoms with Crippen molar-refractivity contribution in [2.75, 3.05) is 19.1 Å². The molecule has 0 fully saturated rings. The zero-order chi connectivity index (χ0) is 11.9. The Morgan fingerprint density at radius 1 is 1.27 bits per heavy atom. The van der Waals surface area contributed by atoms with Gasteiger partial charge in [-0.05, 0) is 32.6 Å². The lowest BCUT2D eigenvalue weighted by Crippen LogP contribution is -2.22. The summed E-state index contributed by atoms with van der Waals surface area (Å²) >= 11 is 0. The van der Waals surface area contributed by atoms with Gasteiger partial charge in [-0.3, -0.25) is 0 Å². The van der Waals surface area contributed by atoms with Crippen molar-refractivity contribution < 1.29 is 13.2 Å². The number of hydrogen-bond donors (Lipinski definition) is 1. The number of rotatable bonds is 8. The topological polar surface area (TPSA) is 69.4 Å². The second-order valence-electron chi connectivity index (χ2n) is 4.16. The van der Waals surface area contributed by atoms with E-state index in [0.29, 0.717) is 6.42 Å². The smallest absolute Gasteiger partial charge is 0.147 e. The van der Waals surface area contributed by atoms with E-state index in [9.17, 15) is 8.42 Å². The molecule has 0 aromatic heterocycles. The molecule has 15 heavy (non-hydrogen) atoms. The van der Waals surface area contributed by atoms with Crippen molar-refractivity contribution in [3.8, 4) is 0 Å². The highest BCUT2D eigenvalue weighted by Crippen LogP contribution is 2.07. The quantitative estimate of drug-likeness (QED) is 0.682. The van der Waals surface area contributed by atoms with Gasteiger partial charge >= 0.3 is 0 Å². The van der Waals surface area contributed by atoms with E-state index in [4.69, 9.17) is 10.5 Å². The summed E-state index contributed by atoms with van der Waals surface area (Å²) in [5.41, 5.74) is 5.86. The first-order chi connectivity index (χ1) is 6.85. The van der Waals surface area contributed by atoms with Gasteiger partial charge in [0.1, 0.15) is 9.84 Å². The summed E-state index contributed by atoms with van der Waals surface area (Å²) in [7, 11) is -1.16. The second-order valence-corrected chi connectivity index (χ2v) is 6.42. The lowest BCUT2D eigenvalue weighted by atomic mass is 10.1. The van der Waals surface area contributed by atoms with E-state index < -0.39 is 9.84 Å². The van der Waals surface area contributed by atoms with Gasteiger partial charge in [0.2, 0.25) is 0 Å². The van der Waals surface area contributed by atoms with Crippen molar-refractivity contribution >= 4 is 9.84 Å². The Kier molecular flexibility index (Phi) is 7.13. The van der Waals surface area contributed by atoms with Gasteiger partial charge in [0.15, 0.2) is 0 Å². The average Bonchev–Trinajstić information content (AvgIpc) is 2.12. The van der Waals surface area contributed by atoms with Crippen LogP contribution in [0.3, 0.4) is 0 Å². The van der Waals surface area contributed by atoms with Gasteiger partial charge in [0.25, 0.3) is 0 Å². The molecule has 5 heteroatoms. The van der Waals surface area contributed by atoms with Crippen LogP contribution in [0, 0.1) is 0 Å². The summed E-state index contributed by atoms with van der Waals surface area (Å²) in [6, 6.07) is 0.0874. The minimum Gasteiger partial charge on any atom is -0.382 e. The Morgan fingerprint density at radius 3 is 2.33 bits per heavy atom. The zero-order valence-corrected chi connectivity index (χ0v) is 10.7. The summed E-state index contributed by atoms with van der Waals surface area (Å²) in [6.45, 7) is 2.00. The van der Waals surface area contributed by atoms with Gasteiger partial charge in [-0.25, -0.2) is 8.42 Å². The Labute approximate surface area is 93.1 Å². The first kappa shape index (κ1) is 14.9. The van der Waals surface area contributed by atoms with Crippen molar-refractivity contribution in [2.45, 2.75) is 44.8 Å². The van der Waals surface area contributed by atoms with Crippen LogP contribution < -0.4 is 5.73 Å². The highest BCUT2D eigenvalue weighted by Gasteiger charge is 2.08. The van der Waals surface area contributed by atoms with E-state index in [1.54, 1.807) is 7.11 Å². The molecule has 0 amide bonds. The zero-order valence-electron chi connectivity index (χ0n) is 9.90. The number of hydrogen-bond acceptors (Lipinski definition) is 4. The van der Waals surface area contributed by atoms with Crippen LogP contribution in [0.2, 0.25) is 0 Å². The molecular weight excluding hydrogens is 214 g/mol. The van der Waals surface area contributed by atoms with Crippen LogP contribution in [0.25, 0.3) is 0 Å². The monoisotopic (exact) mass is 237 g/mol. The fourth-order valence-corrected chi connectivity index (χ4v) is 2.01. The van der Waals surface area contributed by atoms with Crippen LogP contribution in [0.15, 0.2) is 0 Å². The fourth-order valence-electron chi connectivity index (χ4n) is 1.32. The molecule has 2 atom stereocenters. The predicted molar refractivity (Wildman–Crippen MR) is 62.6 cm³/mol. The normalized spacial score (nSPS) is 16.3. The highest BCUT2D eigenvalue weighted by atomic mass is 32.2. The van der Waals surface area contributed by atoms with E-state index >= 15 is 0 Å². The van der Waals surface area contributed by atoms with Crippen LogP contribution in [0.4, 0.5) is 0 Å². The molecule has 0 saturated heterocycles. The lowest BCUT2D eigenvalue weighted by Gasteiger charge is -2.14. The predicted octanol–water partition coefficient (Wildman–Crippen LogP) is 0.954.